The predicted octanol–water partition coefficient (Wildman–Crippen LogP) is 1.34. The van der Waals surface area contributed by atoms with Crippen LogP contribution >= 0.6 is 0 Å². The van der Waals surface area contributed by atoms with Crippen molar-refractivity contribution in [2.24, 2.45) is 5.92 Å². The van der Waals surface area contributed by atoms with E-state index in [-0.39, 0.29) is 12.1 Å². The van der Waals surface area contributed by atoms with Crippen molar-refractivity contribution in [3.05, 3.63) is 0 Å². The van der Waals surface area contributed by atoms with Gasteiger partial charge in [-0.05, 0) is 25.7 Å². The minimum absolute atomic E-state index is 0.185. The lowest BCUT2D eigenvalue weighted by Crippen LogP contribution is -2.48. The van der Waals surface area contributed by atoms with Crippen molar-refractivity contribution in [1.82, 2.24) is 10.6 Å². The van der Waals surface area contributed by atoms with Crippen molar-refractivity contribution in [1.29, 1.82) is 0 Å². The van der Waals surface area contributed by atoms with Gasteiger partial charge in [0.1, 0.15) is 6.04 Å². The van der Waals surface area contributed by atoms with Crippen molar-refractivity contribution in [2.45, 2.75) is 51.6 Å². The van der Waals surface area contributed by atoms with E-state index in [0.717, 1.165) is 19.3 Å². The Kier molecular flexibility index (Phi) is 4.58. The van der Waals surface area contributed by atoms with Crippen LogP contribution in [0.2, 0.25) is 0 Å². The average molecular weight is 228 g/mol. The topological polar surface area (TPSA) is 78.4 Å². The average Bonchev–Trinajstić information content (AvgIpc) is 2.16. The van der Waals surface area contributed by atoms with Crippen LogP contribution in [0.1, 0.15) is 39.5 Å². The number of rotatable bonds is 3. The third kappa shape index (κ3) is 4.08. The Morgan fingerprint density at radius 1 is 1.38 bits per heavy atom. The fourth-order valence-corrected chi connectivity index (χ4v) is 2.05. The molecule has 2 amide bonds. The molecule has 1 saturated carbocycles. The quantitative estimate of drug-likeness (QED) is 0.682. The van der Waals surface area contributed by atoms with Crippen molar-refractivity contribution in [3.63, 3.8) is 0 Å². The minimum Gasteiger partial charge on any atom is -0.480 e. The number of carboxylic acids is 1. The maximum Gasteiger partial charge on any atom is 0.325 e. The molecule has 0 radical (unpaired) electrons. The standard InChI is InChI=1S/C11H20N2O3/c1-7-4-3-5-9(6-7)13-11(16)12-8(2)10(14)15/h7-9H,3-6H2,1-2H3,(H,14,15)(H2,12,13,16)/t7?,8-,9?/m0/s1. The molecular weight excluding hydrogens is 208 g/mol. The summed E-state index contributed by atoms with van der Waals surface area (Å²) in [6.07, 6.45) is 4.31. The van der Waals surface area contributed by atoms with Gasteiger partial charge in [0.2, 0.25) is 0 Å². The first-order chi connectivity index (χ1) is 7.49. The first-order valence-corrected chi connectivity index (χ1v) is 5.79. The monoisotopic (exact) mass is 228 g/mol. The van der Waals surface area contributed by atoms with E-state index in [4.69, 9.17) is 5.11 Å². The van der Waals surface area contributed by atoms with Crippen molar-refractivity contribution < 1.29 is 14.7 Å². The predicted molar refractivity (Wildman–Crippen MR) is 60.2 cm³/mol. The summed E-state index contributed by atoms with van der Waals surface area (Å²) in [5, 5.41) is 13.8. The summed E-state index contributed by atoms with van der Waals surface area (Å²) in [6, 6.07) is -1.04. The molecule has 0 saturated heterocycles. The highest BCUT2D eigenvalue weighted by atomic mass is 16.4. The van der Waals surface area contributed by atoms with Gasteiger partial charge in [0.25, 0.3) is 0 Å². The molecule has 0 aliphatic heterocycles. The zero-order chi connectivity index (χ0) is 12.1. The fraction of sp³-hybridized carbons (Fsp3) is 0.818. The van der Waals surface area contributed by atoms with Crippen molar-refractivity contribution >= 4 is 12.0 Å². The van der Waals surface area contributed by atoms with Crippen LogP contribution in [0, 0.1) is 5.92 Å². The summed E-state index contributed by atoms with van der Waals surface area (Å²) in [6.45, 7) is 3.62. The van der Waals surface area contributed by atoms with E-state index in [0.29, 0.717) is 5.92 Å². The molecule has 0 aromatic heterocycles. The highest BCUT2D eigenvalue weighted by Crippen LogP contribution is 2.23. The molecule has 3 atom stereocenters. The highest BCUT2D eigenvalue weighted by Gasteiger charge is 2.21. The summed E-state index contributed by atoms with van der Waals surface area (Å²) in [5.41, 5.74) is 0. The number of carboxylic acid groups (broad SMARTS) is 1. The van der Waals surface area contributed by atoms with Crippen LogP contribution in [-0.2, 0) is 4.79 Å². The molecule has 2 unspecified atom stereocenters. The third-order valence-corrected chi connectivity index (χ3v) is 2.99. The Morgan fingerprint density at radius 3 is 2.62 bits per heavy atom. The number of urea groups is 1. The lowest BCUT2D eigenvalue weighted by molar-refractivity contribution is -0.138. The summed E-state index contributed by atoms with van der Waals surface area (Å²) in [7, 11) is 0. The molecule has 0 spiro atoms. The lowest BCUT2D eigenvalue weighted by atomic mass is 9.87. The largest absolute Gasteiger partial charge is 0.480 e. The molecule has 0 bridgehead atoms. The molecule has 0 heterocycles. The SMILES string of the molecule is CC1CCCC(NC(=O)N[C@@H](C)C(=O)O)C1. The van der Waals surface area contributed by atoms with Crippen LogP contribution in [0.25, 0.3) is 0 Å². The Labute approximate surface area is 95.6 Å². The zero-order valence-corrected chi connectivity index (χ0v) is 9.82. The van der Waals surface area contributed by atoms with Gasteiger partial charge in [-0.25, -0.2) is 4.79 Å². The first kappa shape index (κ1) is 12.8. The number of hydrogen-bond acceptors (Lipinski definition) is 2. The molecule has 1 fully saturated rings. The Hall–Kier alpha value is -1.26. The number of aliphatic carboxylic acids is 1. The molecule has 16 heavy (non-hydrogen) atoms. The summed E-state index contributed by atoms with van der Waals surface area (Å²) in [4.78, 5) is 22.0. The van der Waals surface area contributed by atoms with Crippen LogP contribution < -0.4 is 10.6 Å². The normalized spacial score (nSPS) is 26.9. The van der Waals surface area contributed by atoms with Gasteiger partial charge in [0.05, 0.1) is 0 Å². The molecule has 0 aromatic rings. The minimum atomic E-state index is -1.02. The summed E-state index contributed by atoms with van der Waals surface area (Å²) in [5.74, 6) is -0.386. The number of carbonyl (C=O) groups is 2. The van der Waals surface area contributed by atoms with Gasteiger partial charge in [-0.3, -0.25) is 4.79 Å². The number of amides is 2. The molecule has 5 heteroatoms. The number of hydrogen-bond donors (Lipinski definition) is 3. The Morgan fingerprint density at radius 2 is 2.06 bits per heavy atom. The van der Waals surface area contributed by atoms with Gasteiger partial charge in [-0.15, -0.1) is 0 Å². The van der Waals surface area contributed by atoms with Crippen molar-refractivity contribution in [3.8, 4) is 0 Å². The van der Waals surface area contributed by atoms with E-state index in [1.54, 1.807) is 0 Å². The summed E-state index contributed by atoms with van der Waals surface area (Å²) < 4.78 is 0. The van der Waals surface area contributed by atoms with E-state index in [9.17, 15) is 9.59 Å². The van der Waals surface area contributed by atoms with E-state index in [1.165, 1.54) is 13.3 Å². The molecule has 0 aromatic carbocycles. The van der Waals surface area contributed by atoms with Crippen LogP contribution in [-0.4, -0.2) is 29.2 Å². The Bertz CT molecular complexity index is 268. The molecule has 1 aliphatic rings. The third-order valence-electron chi connectivity index (χ3n) is 2.99. The maximum atomic E-state index is 11.4. The van der Waals surface area contributed by atoms with Gasteiger partial charge in [-0.1, -0.05) is 19.8 Å². The second-order valence-corrected chi connectivity index (χ2v) is 4.65. The molecule has 3 N–H and O–H groups in total. The second-order valence-electron chi connectivity index (χ2n) is 4.65. The smallest absolute Gasteiger partial charge is 0.325 e. The molecule has 1 rings (SSSR count). The number of carbonyl (C=O) groups excluding carboxylic acids is 1. The zero-order valence-electron chi connectivity index (χ0n) is 9.82. The van der Waals surface area contributed by atoms with Crippen molar-refractivity contribution in [2.75, 3.05) is 0 Å². The summed E-state index contributed by atoms with van der Waals surface area (Å²) >= 11 is 0. The maximum absolute atomic E-state index is 11.4. The number of nitrogens with one attached hydrogen (secondary N) is 2. The van der Waals surface area contributed by atoms with Gasteiger partial charge >= 0.3 is 12.0 Å². The van der Waals surface area contributed by atoms with Gasteiger partial charge < -0.3 is 15.7 Å². The lowest BCUT2D eigenvalue weighted by Gasteiger charge is -2.27. The fourth-order valence-electron chi connectivity index (χ4n) is 2.05. The molecule has 1 aliphatic carbocycles. The second kappa shape index (κ2) is 5.72. The molecule has 92 valence electrons. The van der Waals surface area contributed by atoms with Crippen LogP contribution in [0.4, 0.5) is 4.79 Å². The Balaban J connectivity index is 2.30. The van der Waals surface area contributed by atoms with E-state index >= 15 is 0 Å². The van der Waals surface area contributed by atoms with Crippen LogP contribution in [0.15, 0.2) is 0 Å². The molecular formula is C11H20N2O3. The highest BCUT2D eigenvalue weighted by molar-refractivity contribution is 5.82. The van der Waals surface area contributed by atoms with Gasteiger partial charge in [0, 0.05) is 6.04 Å². The van der Waals surface area contributed by atoms with Gasteiger partial charge in [-0.2, -0.15) is 0 Å². The van der Waals surface area contributed by atoms with E-state index in [1.807, 2.05) is 0 Å². The van der Waals surface area contributed by atoms with Gasteiger partial charge in [0.15, 0.2) is 0 Å². The van der Waals surface area contributed by atoms with Crippen LogP contribution in [0.5, 0.6) is 0 Å². The molecule has 5 nitrogen and oxygen atoms in total. The van der Waals surface area contributed by atoms with E-state index in [2.05, 4.69) is 17.6 Å². The first-order valence-electron chi connectivity index (χ1n) is 5.79. The van der Waals surface area contributed by atoms with Crippen LogP contribution in [0.3, 0.4) is 0 Å². The van der Waals surface area contributed by atoms with E-state index < -0.39 is 12.0 Å².